The number of carbonyl (C=O) groups excluding carboxylic acids is 1. The average molecular weight is 279 g/mol. The lowest BCUT2D eigenvalue weighted by Crippen LogP contribution is -2.32. The van der Waals surface area contributed by atoms with Gasteiger partial charge in [0.1, 0.15) is 0 Å². The van der Waals surface area contributed by atoms with Crippen LogP contribution in [-0.4, -0.2) is 37.4 Å². The van der Waals surface area contributed by atoms with Crippen molar-refractivity contribution in [3.8, 4) is 11.5 Å². The summed E-state index contributed by atoms with van der Waals surface area (Å²) < 4.78 is 10.6. The quantitative estimate of drug-likeness (QED) is 0.825. The topological polar surface area (TPSA) is 67.8 Å². The third-order valence-corrected chi connectivity index (χ3v) is 3.53. The first-order chi connectivity index (χ1) is 9.69. The molecule has 2 unspecified atom stereocenters. The molecule has 0 heterocycles. The van der Waals surface area contributed by atoms with Gasteiger partial charge in [0.15, 0.2) is 18.1 Å². The van der Waals surface area contributed by atoms with Gasteiger partial charge in [-0.15, -0.1) is 0 Å². The molecule has 1 aliphatic rings. The van der Waals surface area contributed by atoms with E-state index >= 15 is 0 Å². The molecular weight excluding hydrogens is 258 g/mol. The summed E-state index contributed by atoms with van der Waals surface area (Å²) in [6.45, 7) is 0.570. The minimum atomic E-state index is -0.207. The van der Waals surface area contributed by atoms with Crippen LogP contribution in [0.5, 0.6) is 11.5 Å². The molecule has 0 spiro atoms. The molecule has 2 rings (SSSR count). The number of ether oxygens (including phenoxy) is 2. The highest BCUT2D eigenvalue weighted by Crippen LogP contribution is 2.26. The normalized spacial score (nSPS) is 21.5. The summed E-state index contributed by atoms with van der Waals surface area (Å²) in [5, 5.41) is 12.3. The lowest BCUT2D eigenvalue weighted by atomic mass is 10.1. The molecule has 1 saturated carbocycles. The monoisotopic (exact) mass is 279 g/mol. The van der Waals surface area contributed by atoms with Crippen LogP contribution in [0.1, 0.15) is 19.3 Å². The van der Waals surface area contributed by atoms with Crippen molar-refractivity contribution < 1.29 is 19.4 Å². The van der Waals surface area contributed by atoms with Gasteiger partial charge >= 0.3 is 0 Å². The zero-order valence-electron chi connectivity index (χ0n) is 11.7. The van der Waals surface area contributed by atoms with Gasteiger partial charge < -0.3 is 19.9 Å². The molecule has 0 aromatic heterocycles. The van der Waals surface area contributed by atoms with E-state index in [2.05, 4.69) is 5.32 Å². The van der Waals surface area contributed by atoms with Crippen LogP contribution in [0.25, 0.3) is 0 Å². The van der Waals surface area contributed by atoms with Gasteiger partial charge in [0.25, 0.3) is 5.91 Å². The number of rotatable bonds is 6. The maximum Gasteiger partial charge on any atom is 0.257 e. The van der Waals surface area contributed by atoms with E-state index in [1.54, 1.807) is 19.2 Å². The smallest absolute Gasteiger partial charge is 0.257 e. The molecule has 1 fully saturated rings. The van der Waals surface area contributed by atoms with E-state index in [1.165, 1.54) is 0 Å². The van der Waals surface area contributed by atoms with Gasteiger partial charge in [-0.05, 0) is 37.3 Å². The Morgan fingerprint density at radius 3 is 2.75 bits per heavy atom. The van der Waals surface area contributed by atoms with E-state index in [0.717, 1.165) is 19.3 Å². The number of aliphatic hydroxyl groups excluding tert-OH is 1. The lowest BCUT2D eigenvalue weighted by molar-refractivity contribution is -0.123. The third-order valence-electron chi connectivity index (χ3n) is 3.53. The average Bonchev–Trinajstić information content (AvgIpc) is 2.89. The maximum absolute atomic E-state index is 11.7. The van der Waals surface area contributed by atoms with Crippen LogP contribution in [-0.2, 0) is 4.79 Å². The van der Waals surface area contributed by atoms with Crippen LogP contribution in [0.2, 0.25) is 0 Å². The Bertz CT molecular complexity index is 449. The highest BCUT2D eigenvalue weighted by molar-refractivity contribution is 5.77. The Kier molecular flexibility index (Phi) is 5.24. The second-order valence-corrected chi connectivity index (χ2v) is 5.08. The van der Waals surface area contributed by atoms with Gasteiger partial charge in [0.05, 0.1) is 13.2 Å². The predicted molar refractivity (Wildman–Crippen MR) is 74.8 cm³/mol. The van der Waals surface area contributed by atoms with E-state index in [-0.39, 0.29) is 18.6 Å². The van der Waals surface area contributed by atoms with E-state index < -0.39 is 0 Å². The molecule has 5 nitrogen and oxygen atoms in total. The van der Waals surface area contributed by atoms with Gasteiger partial charge in [-0.2, -0.15) is 0 Å². The maximum atomic E-state index is 11.7. The number of carbonyl (C=O) groups is 1. The minimum absolute atomic E-state index is 0.0321. The molecule has 0 saturated heterocycles. The summed E-state index contributed by atoms with van der Waals surface area (Å²) in [6, 6.07) is 7.22. The van der Waals surface area contributed by atoms with Crippen LogP contribution in [0.4, 0.5) is 0 Å². The number of methoxy groups -OCH3 is 1. The first-order valence-corrected chi connectivity index (χ1v) is 6.89. The summed E-state index contributed by atoms with van der Waals surface area (Å²) in [5.74, 6) is 1.39. The van der Waals surface area contributed by atoms with Crippen molar-refractivity contribution in [1.29, 1.82) is 0 Å². The number of benzene rings is 1. The fraction of sp³-hybridized carbons (Fsp3) is 0.533. The van der Waals surface area contributed by atoms with Gasteiger partial charge in [-0.25, -0.2) is 0 Å². The Balaban J connectivity index is 1.72. The Hall–Kier alpha value is -1.75. The van der Waals surface area contributed by atoms with E-state index in [0.29, 0.717) is 24.0 Å². The number of para-hydroxylation sites is 2. The van der Waals surface area contributed by atoms with Gasteiger partial charge in [-0.3, -0.25) is 4.79 Å². The number of hydrogen-bond donors (Lipinski definition) is 2. The molecule has 110 valence electrons. The van der Waals surface area contributed by atoms with Crippen molar-refractivity contribution in [2.24, 2.45) is 5.92 Å². The molecule has 1 aromatic carbocycles. The molecule has 0 aliphatic heterocycles. The van der Waals surface area contributed by atoms with Crippen LogP contribution in [0.15, 0.2) is 24.3 Å². The van der Waals surface area contributed by atoms with Crippen molar-refractivity contribution in [1.82, 2.24) is 5.32 Å². The van der Waals surface area contributed by atoms with Crippen LogP contribution in [0.3, 0.4) is 0 Å². The molecule has 0 bridgehead atoms. The molecule has 20 heavy (non-hydrogen) atoms. The van der Waals surface area contributed by atoms with Gasteiger partial charge in [-0.1, -0.05) is 12.1 Å². The fourth-order valence-corrected chi connectivity index (χ4v) is 2.42. The van der Waals surface area contributed by atoms with Crippen LogP contribution in [0, 0.1) is 5.92 Å². The summed E-state index contributed by atoms with van der Waals surface area (Å²) >= 11 is 0. The Morgan fingerprint density at radius 2 is 2.10 bits per heavy atom. The van der Waals surface area contributed by atoms with Crippen molar-refractivity contribution in [2.75, 3.05) is 20.3 Å². The zero-order valence-corrected chi connectivity index (χ0v) is 11.7. The Labute approximate surface area is 118 Å². The summed E-state index contributed by atoms with van der Waals surface area (Å²) in [6.07, 6.45) is 2.36. The van der Waals surface area contributed by atoms with Crippen molar-refractivity contribution in [2.45, 2.75) is 25.4 Å². The molecule has 1 aromatic rings. The zero-order chi connectivity index (χ0) is 14.4. The molecule has 2 N–H and O–H groups in total. The van der Waals surface area contributed by atoms with E-state index in [1.807, 2.05) is 12.1 Å². The fourth-order valence-electron chi connectivity index (χ4n) is 2.42. The molecule has 5 heteroatoms. The second-order valence-electron chi connectivity index (χ2n) is 5.08. The second kappa shape index (κ2) is 7.14. The highest BCUT2D eigenvalue weighted by atomic mass is 16.5. The SMILES string of the molecule is COc1ccccc1OCC(=O)NCC1CCC(O)C1. The van der Waals surface area contributed by atoms with Crippen molar-refractivity contribution in [3.05, 3.63) is 24.3 Å². The number of hydrogen-bond acceptors (Lipinski definition) is 4. The first kappa shape index (κ1) is 14.7. The summed E-state index contributed by atoms with van der Waals surface area (Å²) in [7, 11) is 1.56. The highest BCUT2D eigenvalue weighted by Gasteiger charge is 2.22. The minimum Gasteiger partial charge on any atom is -0.493 e. The van der Waals surface area contributed by atoms with Crippen LogP contribution >= 0.6 is 0 Å². The first-order valence-electron chi connectivity index (χ1n) is 6.89. The number of nitrogens with one attached hydrogen (secondary N) is 1. The number of aliphatic hydroxyl groups is 1. The number of amides is 1. The molecule has 2 atom stereocenters. The molecule has 1 aliphatic carbocycles. The summed E-state index contributed by atoms with van der Waals surface area (Å²) in [4.78, 5) is 11.7. The third kappa shape index (κ3) is 4.13. The lowest BCUT2D eigenvalue weighted by Gasteiger charge is -2.12. The Morgan fingerprint density at radius 1 is 1.35 bits per heavy atom. The molecule has 0 radical (unpaired) electrons. The van der Waals surface area contributed by atoms with Crippen molar-refractivity contribution in [3.63, 3.8) is 0 Å². The molecular formula is C15H21NO4. The van der Waals surface area contributed by atoms with Gasteiger partial charge in [0.2, 0.25) is 0 Å². The predicted octanol–water partition coefficient (Wildman–Crippen LogP) is 1.35. The molecule has 1 amide bonds. The van der Waals surface area contributed by atoms with E-state index in [9.17, 15) is 9.90 Å². The summed E-state index contributed by atoms with van der Waals surface area (Å²) in [5.41, 5.74) is 0. The largest absolute Gasteiger partial charge is 0.493 e. The van der Waals surface area contributed by atoms with E-state index in [4.69, 9.17) is 9.47 Å². The van der Waals surface area contributed by atoms with Crippen molar-refractivity contribution >= 4 is 5.91 Å². The standard InChI is InChI=1S/C15H21NO4/c1-19-13-4-2-3-5-14(13)20-10-15(18)16-9-11-6-7-12(17)8-11/h2-5,11-12,17H,6-10H2,1H3,(H,16,18). The van der Waals surface area contributed by atoms with Crippen LogP contribution < -0.4 is 14.8 Å². The van der Waals surface area contributed by atoms with Gasteiger partial charge in [0, 0.05) is 6.54 Å².